The van der Waals surface area contributed by atoms with E-state index < -0.39 is 11.5 Å². The van der Waals surface area contributed by atoms with Crippen molar-refractivity contribution >= 4 is 16.9 Å². The summed E-state index contributed by atoms with van der Waals surface area (Å²) >= 11 is 0. The summed E-state index contributed by atoms with van der Waals surface area (Å²) < 4.78 is 5.52. The van der Waals surface area contributed by atoms with E-state index in [1.807, 2.05) is 0 Å². The zero-order valence-electron chi connectivity index (χ0n) is 12.7. The Morgan fingerprint density at radius 1 is 1.35 bits per heavy atom. The first kappa shape index (κ1) is 14.5. The molecule has 3 atom stereocenters. The fourth-order valence-electron chi connectivity index (χ4n) is 4.17. The van der Waals surface area contributed by atoms with Gasteiger partial charge in [0.25, 0.3) is 5.91 Å². The third-order valence-corrected chi connectivity index (χ3v) is 5.36. The van der Waals surface area contributed by atoms with Crippen molar-refractivity contribution in [3.05, 3.63) is 46.3 Å². The van der Waals surface area contributed by atoms with Crippen LogP contribution in [0.25, 0.3) is 11.0 Å². The maximum absolute atomic E-state index is 12.3. The van der Waals surface area contributed by atoms with Crippen molar-refractivity contribution in [2.45, 2.75) is 31.3 Å². The molecule has 1 amide bonds. The van der Waals surface area contributed by atoms with Crippen LogP contribution >= 0.6 is 0 Å². The number of nitrogens with one attached hydrogen (secondary N) is 1. The van der Waals surface area contributed by atoms with Gasteiger partial charge < -0.3 is 14.8 Å². The van der Waals surface area contributed by atoms with E-state index in [1.165, 1.54) is 12.5 Å². The molecular formula is C18H19NO4. The Bertz CT molecular complexity index is 827. The summed E-state index contributed by atoms with van der Waals surface area (Å²) in [5.74, 6) is 0.390. The molecule has 2 saturated carbocycles. The average molecular weight is 313 g/mol. The Morgan fingerprint density at radius 3 is 2.91 bits per heavy atom. The molecule has 5 heteroatoms. The molecule has 2 bridgehead atoms. The number of aliphatic hydroxyl groups is 1. The lowest BCUT2D eigenvalue weighted by molar-refractivity contribution is -0.0111. The highest BCUT2D eigenvalue weighted by Crippen LogP contribution is 2.50. The minimum absolute atomic E-state index is 0.0135. The zero-order valence-corrected chi connectivity index (χ0v) is 12.7. The predicted octanol–water partition coefficient (Wildman–Crippen LogP) is 2.07. The van der Waals surface area contributed by atoms with E-state index in [2.05, 4.69) is 5.32 Å². The lowest BCUT2D eigenvalue weighted by atomic mass is 9.84. The Balaban J connectivity index is 1.52. The third-order valence-electron chi connectivity index (χ3n) is 5.36. The number of carbonyl (C=O) groups excluding carboxylic acids is 1. The van der Waals surface area contributed by atoms with E-state index in [-0.39, 0.29) is 23.7 Å². The standard InChI is InChI=1S/C18H19NO4/c20-14-8-16(23-15-4-2-1-3-13(14)15)17(21)19-10-18(22)9-11-5-6-12(18)7-11/h1-4,8,11-12,22H,5-7,9-10H2,(H,19,21)/t11-,12+,18-/m1/s1. The Hall–Kier alpha value is -2.14. The van der Waals surface area contributed by atoms with Crippen molar-refractivity contribution in [3.63, 3.8) is 0 Å². The second kappa shape index (κ2) is 5.20. The summed E-state index contributed by atoms with van der Waals surface area (Å²) in [6.45, 7) is 0.212. The number of benzene rings is 1. The van der Waals surface area contributed by atoms with Crippen LogP contribution in [0.5, 0.6) is 0 Å². The van der Waals surface area contributed by atoms with Crippen LogP contribution in [0.1, 0.15) is 36.2 Å². The van der Waals surface area contributed by atoms with Crippen LogP contribution in [0.2, 0.25) is 0 Å². The summed E-state index contributed by atoms with van der Waals surface area (Å²) in [5.41, 5.74) is -0.658. The molecule has 1 heterocycles. The van der Waals surface area contributed by atoms with Gasteiger partial charge >= 0.3 is 0 Å². The second-order valence-electron chi connectivity index (χ2n) is 6.84. The fourth-order valence-corrected chi connectivity index (χ4v) is 4.17. The number of fused-ring (bicyclic) bond motifs is 3. The molecule has 0 unspecified atom stereocenters. The Labute approximate surface area is 133 Å². The van der Waals surface area contributed by atoms with E-state index >= 15 is 0 Å². The van der Waals surface area contributed by atoms with Gasteiger partial charge in [-0.1, -0.05) is 12.1 Å². The molecule has 0 radical (unpaired) electrons. The second-order valence-corrected chi connectivity index (χ2v) is 6.84. The lowest BCUT2D eigenvalue weighted by Crippen LogP contribution is -2.46. The summed E-state index contributed by atoms with van der Waals surface area (Å²) in [7, 11) is 0. The van der Waals surface area contributed by atoms with Crippen molar-refractivity contribution < 1.29 is 14.3 Å². The van der Waals surface area contributed by atoms with Crippen molar-refractivity contribution in [1.82, 2.24) is 5.32 Å². The molecule has 2 aromatic rings. The molecule has 2 N–H and O–H groups in total. The van der Waals surface area contributed by atoms with Crippen LogP contribution in [-0.4, -0.2) is 23.2 Å². The van der Waals surface area contributed by atoms with Gasteiger partial charge in [-0.05, 0) is 49.7 Å². The summed E-state index contributed by atoms with van der Waals surface area (Å²) in [4.78, 5) is 24.3. The average Bonchev–Trinajstić information content (AvgIpc) is 3.13. The van der Waals surface area contributed by atoms with Crippen LogP contribution in [0, 0.1) is 11.8 Å². The number of hydrogen-bond acceptors (Lipinski definition) is 4. The molecule has 1 aromatic heterocycles. The lowest BCUT2D eigenvalue weighted by Gasteiger charge is -2.32. The van der Waals surface area contributed by atoms with Crippen LogP contribution in [0.3, 0.4) is 0 Å². The molecule has 4 rings (SSSR count). The smallest absolute Gasteiger partial charge is 0.287 e. The van der Waals surface area contributed by atoms with Crippen LogP contribution in [-0.2, 0) is 0 Å². The molecule has 0 spiro atoms. The molecule has 1 aromatic carbocycles. The first-order chi connectivity index (χ1) is 11.0. The van der Waals surface area contributed by atoms with Gasteiger partial charge in [0.1, 0.15) is 5.58 Å². The fraction of sp³-hybridized carbons (Fsp3) is 0.444. The Kier molecular flexibility index (Phi) is 3.27. The molecule has 2 aliphatic carbocycles. The third kappa shape index (κ3) is 2.45. The molecule has 0 aliphatic heterocycles. The van der Waals surface area contributed by atoms with Gasteiger partial charge in [-0.3, -0.25) is 9.59 Å². The van der Waals surface area contributed by atoms with Crippen molar-refractivity contribution in [3.8, 4) is 0 Å². The van der Waals surface area contributed by atoms with E-state index in [1.54, 1.807) is 24.3 Å². The quantitative estimate of drug-likeness (QED) is 0.909. The first-order valence-electron chi connectivity index (χ1n) is 8.09. The number of para-hydroxylation sites is 1. The van der Waals surface area contributed by atoms with Crippen LogP contribution in [0.4, 0.5) is 0 Å². The van der Waals surface area contributed by atoms with E-state index in [9.17, 15) is 14.7 Å². The van der Waals surface area contributed by atoms with Crippen molar-refractivity contribution in [2.75, 3.05) is 6.54 Å². The van der Waals surface area contributed by atoms with Crippen LogP contribution < -0.4 is 10.7 Å². The minimum Gasteiger partial charge on any atom is -0.451 e. The number of hydrogen-bond donors (Lipinski definition) is 2. The summed E-state index contributed by atoms with van der Waals surface area (Å²) in [6.07, 6.45) is 4.01. The highest BCUT2D eigenvalue weighted by molar-refractivity contribution is 5.93. The van der Waals surface area contributed by atoms with Gasteiger partial charge in [0.05, 0.1) is 11.0 Å². The van der Waals surface area contributed by atoms with E-state index in [4.69, 9.17) is 4.42 Å². The highest BCUT2D eigenvalue weighted by Gasteiger charge is 2.49. The SMILES string of the molecule is O=C(NC[C@]1(O)C[C@@H]2CC[C@H]1C2)c1cc(=O)c2ccccc2o1. The van der Waals surface area contributed by atoms with Gasteiger partial charge in [-0.25, -0.2) is 0 Å². The van der Waals surface area contributed by atoms with E-state index in [0.717, 1.165) is 19.3 Å². The topological polar surface area (TPSA) is 79.5 Å². The minimum atomic E-state index is -0.810. The molecule has 2 fully saturated rings. The molecular weight excluding hydrogens is 294 g/mol. The maximum atomic E-state index is 12.3. The Morgan fingerprint density at radius 2 is 2.17 bits per heavy atom. The van der Waals surface area contributed by atoms with Gasteiger partial charge in [0.2, 0.25) is 0 Å². The first-order valence-corrected chi connectivity index (χ1v) is 8.09. The highest BCUT2D eigenvalue weighted by atomic mass is 16.3. The largest absolute Gasteiger partial charge is 0.451 e. The number of amides is 1. The summed E-state index contributed by atoms with van der Waals surface area (Å²) in [6, 6.07) is 8.05. The van der Waals surface area contributed by atoms with Gasteiger partial charge in [0, 0.05) is 12.6 Å². The van der Waals surface area contributed by atoms with Crippen molar-refractivity contribution in [2.24, 2.45) is 11.8 Å². The van der Waals surface area contributed by atoms with Crippen molar-refractivity contribution in [1.29, 1.82) is 0 Å². The monoisotopic (exact) mass is 313 g/mol. The maximum Gasteiger partial charge on any atom is 0.287 e. The number of carbonyl (C=O) groups is 1. The molecule has 2 aliphatic rings. The van der Waals surface area contributed by atoms with Gasteiger partial charge in [-0.2, -0.15) is 0 Å². The molecule has 5 nitrogen and oxygen atoms in total. The van der Waals surface area contributed by atoms with Gasteiger partial charge in [-0.15, -0.1) is 0 Å². The van der Waals surface area contributed by atoms with Gasteiger partial charge in [0.15, 0.2) is 11.2 Å². The number of rotatable bonds is 3. The zero-order chi connectivity index (χ0) is 16.0. The molecule has 23 heavy (non-hydrogen) atoms. The normalized spacial score (nSPS) is 29.1. The summed E-state index contributed by atoms with van der Waals surface area (Å²) in [5, 5.41) is 13.9. The van der Waals surface area contributed by atoms with Crippen LogP contribution in [0.15, 0.2) is 39.5 Å². The predicted molar refractivity (Wildman–Crippen MR) is 85.2 cm³/mol. The molecule has 0 saturated heterocycles. The molecule has 120 valence electrons. The van der Waals surface area contributed by atoms with E-state index in [0.29, 0.717) is 16.9 Å².